The Balaban J connectivity index is 3.10. The van der Waals surface area contributed by atoms with Gasteiger partial charge >= 0.3 is 0 Å². The third kappa shape index (κ3) is 1.92. The lowest BCUT2D eigenvalue weighted by Gasteiger charge is -2.05. The molecular formula is C11H14S. The summed E-state index contributed by atoms with van der Waals surface area (Å²) in [5.74, 6) is 0. The molecule has 0 aromatic heterocycles. The van der Waals surface area contributed by atoms with Crippen LogP contribution >= 0.6 is 12.6 Å². The molecule has 1 heteroatoms. The maximum absolute atomic E-state index is 4.20. The fraction of sp³-hybridized carbons (Fsp3) is 0.273. The molecule has 12 heavy (non-hydrogen) atoms. The van der Waals surface area contributed by atoms with Gasteiger partial charge in [0.05, 0.1) is 0 Å². The summed E-state index contributed by atoms with van der Waals surface area (Å²) in [6, 6.07) is 6.35. The second kappa shape index (κ2) is 3.81. The number of aryl methyl sites for hydroxylation is 2. The van der Waals surface area contributed by atoms with E-state index in [1.165, 1.54) is 11.1 Å². The van der Waals surface area contributed by atoms with Crippen LogP contribution in [0.2, 0.25) is 0 Å². The summed E-state index contributed by atoms with van der Waals surface area (Å²) in [4.78, 5) is 0.834. The third-order valence-corrected chi connectivity index (χ3v) is 2.31. The standard InChI is InChI=1S/C11H14S/c1-4-10-5-6-11(9(3)12)7-8(10)2/h5-7,12H,3-4H2,1-2H3. The Kier molecular flexibility index (Phi) is 2.99. The van der Waals surface area contributed by atoms with Gasteiger partial charge in [-0.05, 0) is 30.0 Å². The molecular weight excluding hydrogens is 164 g/mol. The first-order valence-electron chi connectivity index (χ1n) is 4.13. The molecule has 0 saturated carbocycles. The van der Waals surface area contributed by atoms with Crippen LogP contribution in [0.1, 0.15) is 23.6 Å². The lowest BCUT2D eigenvalue weighted by molar-refractivity contribution is 1.11. The highest BCUT2D eigenvalue weighted by Gasteiger charge is 1.98. The minimum absolute atomic E-state index is 0.834. The van der Waals surface area contributed by atoms with E-state index in [1.807, 2.05) is 0 Å². The molecule has 0 nitrogen and oxygen atoms in total. The highest BCUT2D eigenvalue weighted by molar-refractivity contribution is 7.90. The highest BCUT2D eigenvalue weighted by Crippen LogP contribution is 2.19. The topological polar surface area (TPSA) is 0 Å². The summed E-state index contributed by atoms with van der Waals surface area (Å²) >= 11 is 4.20. The summed E-state index contributed by atoms with van der Waals surface area (Å²) in [5.41, 5.74) is 3.84. The maximum Gasteiger partial charge on any atom is 0.00406 e. The largest absolute Gasteiger partial charge is 0.143 e. The van der Waals surface area contributed by atoms with Gasteiger partial charge in [-0.3, -0.25) is 0 Å². The van der Waals surface area contributed by atoms with Gasteiger partial charge in [0.2, 0.25) is 0 Å². The first-order valence-corrected chi connectivity index (χ1v) is 4.57. The van der Waals surface area contributed by atoms with Crippen LogP contribution < -0.4 is 0 Å². The molecule has 1 aromatic rings. The second-order valence-electron chi connectivity index (χ2n) is 2.94. The molecule has 0 unspecified atom stereocenters. The van der Waals surface area contributed by atoms with Gasteiger partial charge < -0.3 is 0 Å². The van der Waals surface area contributed by atoms with Crippen molar-refractivity contribution in [2.75, 3.05) is 0 Å². The van der Waals surface area contributed by atoms with Crippen LogP contribution in [0.4, 0.5) is 0 Å². The van der Waals surface area contributed by atoms with E-state index >= 15 is 0 Å². The minimum Gasteiger partial charge on any atom is -0.143 e. The van der Waals surface area contributed by atoms with E-state index in [4.69, 9.17) is 0 Å². The first kappa shape index (κ1) is 9.40. The molecule has 0 bridgehead atoms. The second-order valence-corrected chi connectivity index (χ2v) is 3.48. The van der Waals surface area contributed by atoms with Gasteiger partial charge in [-0.25, -0.2) is 0 Å². The van der Waals surface area contributed by atoms with Crippen LogP contribution in [0.25, 0.3) is 4.91 Å². The van der Waals surface area contributed by atoms with Crippen LogP contribution in [-0.4, -0.2) is 0 Å². The van der Waals surface area contributed by atoms with Crippen LogP contribution in [0, 0.1) is 6.92 Å². The summed E-state index contributed by atoms with van der Waals surface area (Å²) in [6.45, 7) is 8.07. The Morgan fingerprint density at radius 3 is 2.58 bits per heavy atom. The predicted molar refractivity (Wildman–Crippen MR) is 58.6 cm³/mol. The van der Waals surface area contributed by atoms with Crippen molar-refractivity contribution in [2.45, 2.75) is 20.3 Å². The monoisotopic (exact) mass is 178 g/mol. The number of hydrogen-bond donors (Lipinski definition) is 1. The maximum atomic E-state index is 4.20. The number of benzene rings is 1. The van der Waals surface area contributed by atoms with Crippen molar-refractivity contribution in [2.24, 2.45) is 0 Å². The zero-order valence-electron chi connectivity index (χ0n) is 7.59. The molecule has 0 saturated heterocycles. The fourth-order valence-corrected chi connectivity index (χ4v) is 1.41. The molecule has 0 N–H and O–H groups in total. The third-order valence-electron chi connectivity index (χ3n) is 2.06. The molecule has 0 fully saturated rings. The molecule has 0 atom stereocenters. The quantitative estimate of drug-likeness (QED) is 0.659. The van der Waals surface area contributed by atoms with Crippen molar-refractivity contribution in [1.29, 1.82) is 0 Å². The number of rotatable bonds is 2. The molecule has 0 aliphatic rings. The van der Waals surface area contributed by atoms with Crippen molar-refractivity contribution < 1.29 is 0 Å². The molecule has 0 aliphatic heterocycles. The molecule has 0 heterocycles. The normalized spacial score (nSPS) is 9.92. The lowest BCUT2D eigenvalue weighted by Crippen LogP contribution is -1.87. The van der Waals surface area contributed by atoms with Crippen molar-refractivity contribution in [3.05, 3.63) is 41.5 Å². The average molecular weight is 178 g/mol. The van der Waals surface area contributed by atoms with E-state index in [2.05, 4.69) is 51.3 Å². The van der Waals surface area contributed by atoms with Crippen molar-refractivity contribution in [3.63, 3.8) is 0 Å². The summed E-state index contributed by atoms with van der Waals surface area (Å²) in [7, 11) is 0. The SMILES string of the molecule is C=C(S)c1ccc(CC)c(C)c1. The van der Waals surface area contributed by atoms with E-state index in [0.717, 1.165) is 16.9 Å². The lowest BCUT2D eigenvalue weighted by atomic mass is 10.0. The highest BCUT2D eigenvalue weighted by atomic mass is 32.1. The fourth-order valence-electron chi connectivity index (χ4n) is 1.27. The van der Waals surface area contributed by atoms with Crippen LogP contribution in [0.15, 0.2) is 24.8 Å². The van der Waals surface area contributed by atoms with E-state index in [-0.39, 0.29) is 0 Å². The van der Waals surface area contributed by atoms with Gasteiger partial charge in [0.25, 0.3) is 0 Å². The van der Waals surface area contributed by atoms with Crippen molar-refractivity contribution >= 4 is 17.5 Å². The first-order chi connectivity index (χ1) is 5.65. The Hall–Kier alpha value is -0.690. The molecule has 64 valence electrons. The average Bonchev–Trinajstić information content (AvgIpc) is 2.04. The van der Waals surface area contributed by atoms with Gasteiger partial charge in [0.1, 0.15) is 0 Å². The molecule has 1 aromatic carbocycles. The van der Waals surface area contributed by atoms with E-state index in [1.54, 1.807) is 0 Å². The molecule has 0 spiro atoms. The molecule has 0 amide bonds. The predicted octanol–water partition coefficient (Wildman–Crippen LogP) is 3.46. The Labute approximate surface area is 79.7 Å². The molecule has 0 aliphatic carbocycles. The van der Waals surface area contributed by atoms with E-state index < -0.39 is 0 Å². The van der Waals surface area contributed by atoms with Gasteiger partial charge in [-0.1, -0.05) is 31.7 Å². The summed E-state index contributed by atoms with van der Waals surface area (Å²) in [5, 5.41) is 0. The van der Waals surface area contributed by atoms with Crippen molar-refractivity contribution in [1.82, 2.24) is 0 Å². The Bertz CT molecular complexity index is 300. The van der Waals surface area contributed by atoms with Gasteiger partial charge in [-0.2, -0.15) is 0 Å². The zero-order valence-corrected chi connectivity index (χ0v) is 8.49. The van der Waals surface area contributed by atoms with Gasteiger partial charge in [0.15, 0.2) is 0 Å². The van der Waals surface area contributed by atoms with Crippen molar-refractivity contribution in [3.8, 4) is 0 Å². The molecule has 1 rings (SSSR count). The summed E-state index contributed by atoms with van der Waals surface area (Å²) in [6.07, 6.45) is 1.09. The summed E-state index contributed by atoms with van der Waals surface area (Å²) < 4.78 is 0. The Morgan fingerprint density at radius 1 is 1.50 bits per heavy atom. The van der Waals surface area contributed by atoms with Crippen LogP contribution in [-0.2, 0) is 6.42 Å². The minimum atomic E-state index is 0.834. The smallest absolute Gasteiger partial charge is 0.00406 e. The van der Waals surface area contributed by atoms with Gasteiger partial charge in [-0.15, -0.1) is 12.6 Å². The zero-order chi connectivity index (χ0) is 9.14. The van der Waals surface area contributed by atoms with E-state index in [0.29, 0.717) is 0 Å². The van der Waals surface area contributed by atoms with Gasteiger partial charge in [0, 0.05) is 4.91 Å². The Morgan fingerprint density at radius 2 is 2.17 bits per heavy atom. The molecule has 0 radical (unpaired) electrons. The van der Waals surface area contributed by atoms with Crippen LogP contribution in [0.3, 0.4) is 0 Å². The van der Waals surface area contributed by atoms with Crippen LogP contribution in [0.5, 0.6) is 0 Å². The number of hydrogen-bond acceptors (Lipinski definition) is 1. The van der Waals surface area contributed by atoms with E-state index in [9.17, 15) is 0 Å². The number of thiol groups is 1.